The first-order valence-electron chi connectivity index (χ1n) is 14.8. The van der Waals surface area contributed by atoms with Gasteiger partial charge >= 0.3 is 0 Å². The number of benzene rings is 1. The van der Waals surface area contributed by atoms with Crippen molar-refractivity contribution in [2.75, 3.05) is 30.3 Å². The van der Waals surface area contributed by atoms with Crippen LogP contribution >= 0.6 is 0 Å². The van der Waals surface area contributed by atoms with Crippen LogP contribution in [0.2, 0.25) is 0 Å². The highest BCUT2D eigenvalue weighted by atomic mass is 19.1. The molecule has 3 aromatic heterocycles. The highest BCUT2D eigenvalue weighted by Crippen LogP contribution is 2.47. The van der Waals surface area contributed by atoms with E-state index in [4.69, 9.17) is 9.72 Å². The van der Waals surface area contributed by atoms with Gasteiger partial charge in [0, 0.05) is 43.2 Å². The van der Waals surface area contributed by atoms with E-state index in [0.29, 0.717) is 49.6 Å². The summed E-state index contributed by atoms with van der Waals surface area (Å²) in [6, 6.07) is 9.49. The number of aromatic nitrogens is 4. The Kier molecular flexibility index (Phi) is 6.46. The maximum absolute atomic E-state index is 14.6. The first kappa shape index (κ1) is 27.5. The molecule has 43 heavy (non-hydrogen) atoms. The van der Waals surface area contributed by atoms with Gasteiger partial charge in [0.2, 0.25) is 5.91 Å². The second-order valence-corrected chi connectivity index (χ2v) is 12.2. The normalized spacial score (nSPS) is 21.0. The molecule has 0 radical (unpaired) electrons. The predicted molar refractivity (Wildman–Crippen MR) is 161 cm³/mol. The number of piperidine rings is 1. The summed E-state index contributed by atoms with van der Waals surface area (Å²) in [5, 5.41) is 6.26. The Balaban J connectivity index is 1.21. The van der Waals surface area contributed by atoms with Crippen LogP contribution in [0, 0.1) is 5.82 Å². The fraction of sp³-hybridized carbons (Fsp3) is 0.406. The summed E-state index contributed by atoms with van der Waals surface area (Å²) >= 11 is 0. The Morgan fingerprint density at radius 2 is 1.98 bits per heavy atom. The summed E-state index contributed by atoms with van der Waals surface area (Å²) in [5.41, 5.74) is 3.44. The minimum Gasteiger partial charge on any atom is -0.365 e. The lowest BCUT2D eigenvalue weighted by Gasteiger charge is -2.40. The van der Waals surface area contributed by atoms with Crippen molar-refractivity contribution in [1.29, 1.82) is 0 Å². The molecular formula is C32H34FN7O3. The van der Waals surface area contributed by atoms with E-state index in [2.05, 4.69) is 20.6 Å². The SMILES string of the molecule is CC(C)n1cnc2cc(-c3ccc4c(c3)NC(=O)C43CCN(C(=O)C4(C)CCCO4)CC3)nc(Nc3ccncc3F)c21. The van der Waals surface area contributed by atoms with Crippen LogP contribution in [0.4, 0.5) is 21.6 Å². The average Bonchev–Trinajstić information content (AvgIpc) is 3.71. The number of fused-ring (bicyclic) bond motifs is 3. The number of carbonyl (C=O) groups excluding carboxylic acids is 2. The van der Waals surface area contributed by atoms with Crippen molar-refractivity contribution >= 4 is 40.0 Å². The molecule has 3 aliphatic rings. The first-order chi connectivity index (χ1) is 20.7. The Morgan fingerprint density at radius 3 is 2.70 bits per heavy atom. The molecule has 10 nitrogen and oxygen atoms in total. The van der Waals surface area contributed by atoms with Gasteiger partial charge in [-0.2, -0.15) is 0 Å². The van der Waals surface area contributed by atoms with E-state index in [1.807, 2.05) is 54.5 Å². The summed E-state index contributed by atoms with van der Waals surface area (Å²) in [6.45, 7) is 7.59. The molecule has 1 spiro atoms. The molecule has 6 heterocycles. The molecule has 1 aromatic carbocycles. The van der Waals surface area contributed by atoms with E-state index in [0.717, 1.165) is 41.4 Å². The van der Waals surface area contributed by atoms with Crippen molar-refractivity contribution in [3.8, 4) is 11.3 Å². The van der Waals surface area contributed by atoms with Crippen molar-refractivity contribution in [3.63, 3.8) is 0 Å². The second kappa shape index (κ2) is 10.1. The van der Waals surface area contributed by atoms with Crippen LogP contribution in [-0.2, 0) is 19.7 Å². The van der Waals surface area contributed by atoms with E-state index < -0.39 is 16.8 Å². The van der Waals surface area contributed by atoms with E-state index in [-0.39, 0.29) is 23.5 Å². The molecule has 1 unspecified atom stereocenters. The maximum atomic E-state index is 14.6. The fourth-order valence-electron chi connectivity index (χ4n) is 6.75. The zero-order chi connectivity index (χ0) is 29.9. The molecule has 222 valence electrons. The van der Waals surface area contributed by atoms with Gasteiger partial charge in [0.05, 0.1) is 34.8 Å². The molecule has 0 bridgehead atoms. The molecule has 2 saturated heterocycles. The largest absolute Gasteiger partial charge is 0.365 e. The third-order valence-corrected chi connectivity index (χ3v) is 9.22. The lowest BCUT2D eigenvalue weighted by molar-refractivity contribution is -0.153. The van der Waals surface area contributed by atoms with E-state index in [1.54, 1.807) is 12.4 Å². The Bertz CT molecular complexity index is 1750. The number of ether oxygens (including phenoxy) is 1. The Morgan fingerprint density at radius 1 is 1.16 bits per heavy atom. The molecule has 11 heteroatoms. The van der Waals surface area contributed by atoms with Gasteiger partial charge in [0.15, 0.2) is 11.6 Å². The molecule has 2 amide bonds. The van der Waals surface area contributed by atoms with Gasteiger partial charge in [-0.3, -0.25) is 14.6 Å². The molecular weight excluding hydrogens is 549 g/mol. The zero-order valence-electron chi connectivity index (χ0n) is 24.5. The topological polar surface area (TPSA) is 114 Å². The number of amides is 2. The molecule has 0 aliphatic carbocycles. The highest BCUT2D eigenvalue weighted by Gasteiger charge is 2.51. The number of rotatable bonds is 5. The average molecular weight is 584 g/mol. The van der Waals surface area contributed by atoms with Crippen LogP contribution in [0.25, 0.3) is 22.3 Å². The molecule has 2 fully saturated rings. The van der Waals surface area contributed by atoms with Crippen LogP contribution in [-0.4, -0.2) is 61.5 Å². The lowest BCUT2D eigenvalue weighted by atomic mass is 9.73. The summed E-state index contributed by atoms with van der Waals surface area (Å²) in [5.74, 6) is -0.0284. The Hall–Kier alpha value is -4.38. The van der Waals surface area contributed by atoms with Crippen molar-refractivity contribution in [2.45, 2.75) is 63.5 Å². The third-order valence-electron chi connectivity index (χ3n) is 9.22. The van der Waals surface area contributed by atoms with Gasteiger partial charge in [-0.1, -0.05) is 12.1 Å². The summed E-state index contributed by atoms with van der Waals surface area (Å²) in [4.78, 5) is 41.9. The number of anilines is 3. The lowest BCUT2D eigenvalue weighted by Crippen LogP contribution is -2.53. The summed E-state index contributed by atoms with van der Waals surface area (Å²) in [7, 11) is 0. The number of nitrogens with zero attached hydrogens (tertiary/aromatic N) is 5. The minimum absolute atomic E-state index is 0.0197. The third kappa shape index (κ3) is 4.45. The van der Waals surface area contributed by atoms with Crippen molar-refractivity contribution in [3.05, 3.63) is 60.4 Å². The molecule has 4 aromatic rings. The van der Waals surface area contributed by atoms with Crippen molar-refractivity contribution in [2.24, 2.45) is 0 Å². The van der Waals surface area contributed by atoms with Gasteiger partial charge in [-0.05, 0) is 70.2 Å². The van der Waals surface area contributed by atoms with Gasteiger partial charge in [0.1, 0.15) is 11.1 Å². The number of halogens is 1. The van der Waals surface area contributed by atoms with Crippen LogP contribution < -0.4 is 10.6 Å². The zero-order valence-corrected chi connectivity index (χ0v) is 24.5. The van der Waals surface area contributed by atoms with Gasteiger partial charge in [0.25, 0.3) is 5.91 Å². The van der Waals surface area contributed by atoms with Crippen molar-refractivity contribution < 1.29 is 18.7 Å². The molecule has 7 rings (SSSR count). The fourth-order valence-corrected chi connectivity index (χ4v) is 6.75. The van der Waals surface area contributed by atoms with Crippen LogP contribution in [0.5, 0.6) is 0 Å². The molecule has 3 aliphatic heterocycles. The summed E-state index contributed by atoms with van der Waals surface area (Å²) < 4.78 is 22.3. The number of imidazole rings is 1. The Labute approximate surface area is 248 Å². The molecule has 1 atom stereocenters. The first-order valence-corrected chi connectivity index (χ1v) is 14.8. The molecule has 0 saturated carbocycles. The van der Waals surface area contributed by atoms with Crippen LogP contribution in [0.1, 0.15) is 58.1 Å². The number of carbonyl (C=O) groups is 2. The van der Waals surface area contributed by atoms with E-state index in [9.17, 15) is 14.0 Å². The number of nitrogens with one attached hydrogen (secondary N) is 2. The number of likely N-dealkylation sites (tertiary alicyclic amines) is 1. The van der Waals surface area contributed by atoms with Gasteiger partial charge in [-0.15, -0.1) is 0 Å². The second-order valence-electron chi connectivity index (χ2n) is 12.2. The monoisotopic (exact) mass is 583 g/mol. The minimum atomic E-state index is -0.759. The van der Waals surface area contributed by atoms with E-state index in [1.165, 1.54) is 6.20 Å². The van der Waals surface area contributed by atoms with E-state index >= 15 is 0 Å². The smallest absolute Gasteiger partial charge is 0.254 e. The van der Waals surface area contributed by atoms with Crippen LogP contribution in [0.15, 0.2) is 49.1 Å². The maximum Gasteiger partial charge on any atom is 0.254 e. The number of hydrogen-bond donors (Lipinski definition) is 2. The van der Waals surface area contributed by atoms with Gasteiger partial charge in [-0.25, -0.2) is 14.4 Å². The predicted octanol–water partition coefficient (Wildman–Crippen LogP) is 5.34. The van der Waals surface area contributed by atoms with Crippen LogP contribution in [0.3, 0.4) is 0 Å². The van der Waals surface area contributed by atoms with Gasteiger partial charge < -0.3 is 24.8 Å². The number of hydrogen-bond acceptors (Lipinski definition) is 7. The summed E-state index contributed by atoms with van der Waals surface area (Å²) in [6.07, 6.45) is 7.16. The highest BCUT2D eigenvalue weighted by molar-refractivity contribution is 6.07. The molecule has 2 N–H and O–H groups in total. The standard InChI is InChI=1S/C32H34FN7O3/c1-19(2)40-18-35-26-16-24(37-28(27(26)40)36-23-7-11-34-17-22(23)33)20-5-6-21-25(15-20)38-29(41)32(21)9-12-39(13-10-32)30(42)31(3)8-4-14-43-31/h5-7,11,15-19H,4,8-10,12-14H2,1-3H3,(H,38,41)(H,34,36,37). The quantitative estimate of drug-likeness (QED) is 0.326. The number of pyridine rings is 2. The van der Waals surface area contributed by atoms with Crippen molar-refractivity contribution in [1.82, 2.24) is 24.4 Å².